The van der Waals surface area contributed by atoms with Crippen LogP contribution in [0.1, 0.15) is 41.6 Å². The Hall–Kier alpha value is -3.56. The summed E-state index contributed by atoms with van der Waals surface area (Å²) in [6.45, 7) is 2.81. The Morgan fingerprint density at radius 3 is 2.61 bits per heavy atom. The molecule has 1 aliphatic heterocycles. The average Bonchev–Trinajstić information content (AvgIpc) is 3.33. The van der Waals surface area contributed by atoms with Gasteiger partial charge in [-0.15, -0.1) is 0 Å². The molecular weight excluding hydrogens is 427 g/mol. The molecule has 1 saturated heterocycles. The molecule has 0 bridgehead atoms. The number of aromatic nitrogens is 2. The van der Waals surface area contributed by atoms with E-state index in [1.165, 1.54) is 23.7 Å². The molecule has 0 saturated carbocycles. The molecule has 2 N–H and O–H groups in total. The number of piperidine rings is 1. The van der Waals surface area contributed by atoms with E-state index in [1.54, 1.807) is 30.3 Å². The van der Waals surface area contributed by atoms with Crippen LogP contribution in [0.5, 0.6) is 5.75 Å². The Labute approximate surface area is 190 Å². The molecule has 2 heterocycles. The molecule has 33 heavy (non-hydrogen) atoms. The van der Waals surface area contributed by atoms with Crippen molar-refractivity contribution >= 4 is 12.0 Å². The number of nitrogens with one attached hydrogen (secondary N) is 1. The van der Waals surface area contributed by atoms with E-state index in [9.17, 15) is 9.18 Å². The Balaban J connectivity index is 1.23. The van der Waals surface area contributed by atoms with Crippen molar-refractivity contribution in [3.8, 4) is 5.75 Å². The summed E-state index contributed by atoms with van der Waals surface area (Å²) >= 11 is 0. The van der Waals surface area contributed by atoms with Crippen LogP contribution in [0.4, 0.5) is 4.39 Å². The van der Waals surface area contributed by atoms with Crippen LogP contribution >= 0.6 is 0 Å². The first-order valence-corrected chi connectivity index (χ1v) is 10.7. The highest BCUT2D eigenvalue weighted by molar-refractivity contribution is 5.90. The number of hydroxylamine groups is 1. The Bertz CT molecular complexity index is 1070. The van der Waals surface area contributed by atoms with Crippen LogP contribution in [0, 0.1) is 5.82 Å². The number of likely N-dealkylation sites (tertiary alicyclic amines) is 1. The van der Waals surface area contributed by atoms with E-state index in [0.717, 1.165) is 43.6 Å². The van der Waals surface area contributed by atoms with Gasteiger partial charge in [0, 0.05) is 18.5 Å². The summed E-state index contributed by atoms with van der Waals surface area (Å²) in [5.41, 5.74) is 3.43. The van der Waals surface area contributed by atoms with E-state index in [4.69, 9.17) is 14.5 Å². The standard InChI is InChI=1S/C24H25FN4O4/c25-20-6-1-18(2-7-20)15-29-13-11-19(12-14-29)24-26-23(33-28-24)16-32-21-8-3-17(4-9-21)5-10-22(30)27-31/h1-10,19,31H,11-16H2,(H,27,30)/b10-5+. The average molecular weight is 452 g/mol. The number of rotatable bonds is 8. The molecule has 0 atom stereocenters. The number of nitrogens with zero attached hydrogens (tertiary/aromatic N) is 3. The minimum Gasteiger partial charge on any atom is -0.484 e. The first-order valence-electron chi connectivity index (χ1n) is 10.7. The second-order valence-electron chi connectivity index (χ2n) is 7.89. The molecule has 8 nitrogen and oxygen atoms in total. The highest BCUT2D eigenvalue weighted by atomic mass is 19.1. The van der Waals surface area contributed by atoms with Gasteiger partial charge in [0.05, 0.1) is 0 Å². The zero-order chi connectivity index (χ0) is 23.0. The van der Waals surface area contributed by atoms with Gasteiger partial charge in [0.15, 0.2) is 12.4 Å². The fourth-order valence-corrected chi connectivity index (χ4v) is 3.72. The van der Waals surface area contributed by atoms with Crippen molar-refractivity contribution in [3.05, 3.63) is 83.3 Å². The summed E-state index contributed by atoms with van der Waals surface area (Å²) in [6.07, 6.45) is 4.67. The van der Waals surface area contributed by atoms with Crippen LogP contribution in [0.3, 0.4) is 0 Å². The molecule has 0 radical (unpaired) electrons. The fraction of sp³-hybridized carbons (Fsp3) is 0.292. The molecule has 2 aromatic carbocycles. The van der Waals surface area contributed by atoms with Crippen molar-refractivity contribution in [2.24, 2.45) is 0 Å². The minimum absolute atomic E-state index is 0.165. The van der Waals surface area contributed by atoms with Crippen LogP contribution in [0.25, 0.3) is 6.08 Å². The van der Waals surface area contributed by atoms with Gasteiger partial charge in [0.25, 0.3) is 11.8 Å². The summed E-state index contributed by atoms with van der Waals surface area (Å²) in [5, 5.41) is 12.6. The van der Waals surface area contributed by atoms with E-state index >= 15 is 0 Å². The van der Waals surface area contributed by atoms with Crippen molar-refractivity contribution in [3.63, 3.8) is 0 Å². The van der Waals surface area contributed by atoms with Gasteiger partial charge < -0.3 is 9.26 Å². The van der Waals surface area contributed by atoms with E-state index in [0.29, 0.717) is 17.5 Å². The molecule has 1 aromatic heterocycles. The topological polar surface area (TPSA) is 101 Å². The summed E-state index contributed by atoms with van der Waals surface area (Å²) in [4.78, 5) is 17.9. The number of hydrogen-bond acceptors (Lipinski definition) is 7. The third-order valence-corrected chi connectivity index (χ3v) is 5.54. The third kappa shape index (κ3) is 6.47. The predicted octanol–water partition coefficient (Wildman–Crippen LogP) is 3.69. The third-order valence-electron chi connectivity index (χ3n) is 5.54. The number of amides is 1. The second kappa shape index (κ2) is 10.8. The highest BCUT2D eigenvalue weighted by Crippen LogP contribution is 2.27. The van der Waals surface area contributed by atoms with Crippen molar-refractivity contribution in [1.82, 2.24) is 20.5 Å². The number of benzene rings is 2. The minimum atomic E-state index is -0.596. The van der Waals surface area contributed by atoms with E-state index in [-0.39, 0.29) is 18.3 Å². The molecule has 0 spiro atoms. The SMILES string of the molecule is O=C(/C=C/c1ccc(OCc2nc(C3CCN(Cc4ccc(F)cc4)CC3)no2)cc1)NO. The van der Waals surface area contributed by atoms with Crippen LogP contribution in [0.2, 0.25) is 0 Å². The molecule has 0 unspecified atom stereocenters. The van der Waals surface area contributed by atoms with Gasteiger partial charge in [-0.1, -0.05) is 29.4 Å². The smallest absolute Gasteiger partial charge is 0.267 e. The van der Waals surface area contributed by atoms with Gasteiger partial charge >= 0.3 is 0 Å². The van der Waals surface area contributed by atoms with Crippen molar-refractivity contribution < 1.29 is 23.7 Å². The van der Waals surface area contributed by atoms with Crippen molar-refractivity contribution in [2.75, 3.05) is 13.1 Å². The van der Waals surface area contributed by atoms with Gasteiger partial charge in [-0.05, 0) is 67.4 Å². The first kappa shape index (κ1) is 22.6. The normalized spacial score (nSPS) is 15.1. The van der Waals surface area contributed by atoms with E-state index < -0.39 is 5.91 Å². The van der Waals surface area contributed by atoms with Gasteiger partial charge in [-0.25, -0.2) is 9.87 Å². The molecule has 1 aliphatic rings. The lowest BCUT2D eigenvalue weighted by molar-refractivity contribution is -0.124. The van der Waals surface area contributed by atoms with Crippen LogP contribution in [0.15, 0.2) is 59.1 Å². The zero-order valence-corrected chi connectivity index (χ0v) is 18.0. The van der Waals surface area contributed by atoms with Gasteiger partial charge in [-0.2, -0.15) is 4.98 Å². The monoisotopic (exact) mass is 452 g/mol. The maximum atomic E-state index is 13.1. The van der Waals surface area contributed by atoms with E-state index in [2.05, 4.69) is 15.0 Å². The zero-order valence-electron chi connectivity index (χ0n) is 18.0. The quantitative estimate of drug-likeness (QED) is 0.305. The van der Waals surface area contributed by atoms with Crippen LogP contribution < -0.4 is 10.2 Å². The molecule has 1 fully saturated rings. The first-order chi connectivity index (χ1) is 16.1. The molecule has 1 amide bonds. The van der Waals surface area contributed by atoms with Crippen LogP contribution in [-0.2, 0) is 17.9 Å². The predicted molar refractivity (Wildman–Crippen MR) is 118 cm³/mol. The largest absolute Gasteiger partial charge is 0.484 e. The fourth-order valence-electron chi connectivity index (χ4n) is 3.72. The Morgan fingerprint density at radius 1 is 1.18 bits per heavy atom. The number of carbonyl (C=O) groups is 1. The lowest BCUT2D eigenvalue weighted by Gasteiger charge is -2.30. The second-order valence-corrected chi connectivity index (χ2v) is 7.89. The number of carbonyl (C=O) groups excluding carboxylic acids is 1. The maximum absolute atomic E-state index is 13.1. The lowest BCUT2D eigenvalue weighted by Crippen LogP contribution is -2.32. The number of hydrogen-bond donors (Lipinski definition) is 2. The Morgan fingerprint density at radius 2 is 1.91 bits per heavy atom. The molecule has 3 aromatic rings. The summed E-state index contributed by atoms with van der Waals surface area (Å²) in [6, 6.07) is 13.8. The van der Waals surface area contributed by atoms with Gasteiger partial charge in [-0.3, -0.25) is 14.9 Å². The van der Waals surface area contributed by atoms with Crippen molar-refractivity contribution in [2.45, 2.75) is 31.9 Å². The molecule has 0 aliphatic carbocycles. The van der Waals surface area contributed by atoms with Gasteiger partial charge in [0.2, 0.25) is 0 Å². The van der Waals surface area contributed by atoms with E-state index in [1.807, 2.05) is 12.1 Å². The molecule has 172 valence electrons. The van der Waals surface area contributed by atoms with Gasteiger partial charge in [0.1, 0.15) is 11.6 Å². The number of ether oxygens (including phenoxy) is 1. The highest BCUT2D eigenvalue weighted by Gasteiger charge is 2.24. The Kier molecular flexibility index (Phi) is 7.43. The number of halogens is 1. The summed E-state index contributed by atoms with van der Waals surface area (Å²) in [7, 11) is 0. The summed E-state index contributed by atoms with van der Waals surface area (Å²) < 4.78 is 24.1. The maximum Gasteiger partial charge on any atom is 0.267 e. The summed E-state index contributed by atoms with van der Waals surface area (Å²) in [5.74, 6) is 1.19. The molecule has 9 heteroatoms. The van der Waals surface area contributed by atoms with Crippen LogP contribution in [-0.4, -0.2) is 39.2 Å². The van der Waals surface area contributed by atoms with Crippen molar-refractivity contribution in [1.29, 1.82) is 0 Å². The molecule has 4 rings (SSSR count). The molecular formula is C24H25FN4O4. The lowest BCUT2D eigenvalue weighted by atomic mass is 9.96.